The first-order valence-electron chi connectivity index (χ1n) is 7.28. The van der Waals surface area contributed by atoms with E-state index >= 15 is 0 Å². The molecule has 1 N–H and O–H groups in total. The average molecular weight is 384 g/mol. The molecule has 0 bridgehead atoms. The number of nitrogens with one attached hydrogen (secondary N) is 1. The maximum Gasteiger partial charge on any atom is 0.241 e. The van der Waals surface area contributed by atoms with Gasteiger partial charge >= 0.3 is 0 Å². The number of sulfonamides is 1. The summed E-state index contributed by atoms with van der Waals surface area (Å²) in [5.74, 6) is -0.0183. The summed E-state index contributed by atoms with van der Waals surface area (Å²) in [7, 11) is -2.21. The lowest BCUT2D eigenvalue weighted by atomic mass is 10.2. The molecule has 0 saturated carbocycles. The Bertz CT molecular complexity index is 844. The second-order valence-electron chi connectivity index (χ2n) is 5.22. The van der Waals surface area contributed by atoms with Gasteiger partial charge in [0.1, 0.15) is 12.3 Å². The van der Waals surface area contributed by atoms with E-state index in [0.717, 1.165) is 16.1 Å². The Morgan fingerprint density at radius 3 is 2.52 bits per heavy atom. The Hall–Kier alpha value is -2.32. The summed E-state index contributed by atoms with van der Waals surface area (Å²) < 4.78 is 30.2. The van der Waals surface area contributed by atoms with Gasteiger partial charge in [0.05, 0.1) is 24.1 Å². The molecule has 2 rings (SSSR count). The molecule has 0 fully saturated rings. The summed E-state index contributed by atoms with van der Waals surface area (Å²) in [6.07, 6.45) is 4.26. The van der Waals surface area contributed by atoms with Crippen molar-refractivity contribution in [2.45, 2.75) is 6.54 Å². The van der Waals surface area contributed by atoms with E-state index in [-0.39, 0.29) is 23.8 Å². The molecule has 0 unspecified atom stereocenters. The van der Waals surface area contributed by atoms with Crippen LogP contribution in [0.3, 0.4) is 0 Å². The number of pyridine rings is 1. The number of hydrogen-bond donors (Lipinski definition) is 1. The number of carbonyl (C=O) groups excluding carboxylic acids is 1. The maximum absolute atomic E-state index is 12.2. The Morgan fingerprint density at radius 2 is 1.96 bits per heavy atom. The van der Waals surface area contributed by atoms with E-state index in [0.29, 0.717) is 5.75 Å². The molecule has 0 spiro atoms. The van der Waals surface area contributed by atoms with E-state index < -0.39 is 15.9 Å². The van der Waals surface area contributed by atoms with E-state index in [1.807, 2.05) is 0 Å². The number of anilines is 1. The largest absolute Gasteiger partial charge is 0.495 e. The molecule has 0 radical (unpaired) electrons. The summed E-state index contributed by atoms with van der Waals surface area (Å²) in [5, 5.41) is 2.93. The lowest BCUT2D eigenvalue weighted by Gasteiger charge is -2.22. The zero-order valence-electron chi connectivity index (χ0n) is 13.8. The van der Waals surface area contributed by atoms with Crippen LogP contribution in [-0.2, 0) is 21.4 Å². The summed E-state index contributed by atoms with van der Waals surface area (Å²) in [6.45, 7) is -0.0745. The first kappa shape index (κ1) is 19.0. The van der Waals surface area contributed by atoms with Gasteiger partial charge in [-0.25, -0.2) is 8.42 Å². The minimum Gasteiger partial charge on any atom is -0.495 e. The molecule has 9 heteroatoms. The summed E-state index contributed by atoms with van der Waals surface area (Å²) >= 11 is 6.05. The van der Waals surface area contributed by atoms with E-state index in [4.69, 9.17) is 16.3 Å². The molecule has 25 heavy (non-hydrogen) atoms. The summed E-state index contributed by atoms with van der Waals surface area (Å²) in [4.78, 5) is 16.1. The van der Waals surface area contributed by atoms with Crippen molar-refractivity contribution in [3.05, 3.63) is 53.3 Å². The van der Waals surface area contributed by atoms with Crippen LogP contribution in [0.4, 0.5) is 5.69 Å². The van der Waals surface area contributed by atoms with Crippen LogP contribution >= 0.6 is 11.6 Å². The molecule has 1 amide bonds. The van der Waals surface area contributed by atoms with Crippen molar-refractivity contribution in [1.29, 1.82) is 0 Å². The van der Waals surface area contributed by atoms with E-state index in [1.54, 1.807) is 30.6 Å². The number of halogens is 1. The molecule has 0 aliphatic heterocycles. The van der Waals surface area contributed by atoms with Gasteiger partial charge in [0.2, 0.25) is 15.9 Å². The fourth-order valence-corrected chi connectivity index (χ4v) is 3.20. The lowest BCUT2D eigenvalue weighted by Crippen LogP contribution is -2.40. The number of ether oxygens (including phenoxy) is 1. The number of hydrogen-bond acceptors (Lipinski definition) is 5. The topological polar surface area (TPSA) is 88.6 Å². The van der Waals surface area contributed by atoms with E-state index in [9.17, 15) is 13.2 Å². The number of nitrogens with zero attached hydrogens (tertiary/aromatic N) is 2. The second-order valence-corrected chi connectivity index (χ2v) is 7.53. The minimum atomic E-state index is -3.67. The van der Waals surface area contributed by atoms with Crippen molar-refractivity contribution in [2.75, 3.05) is 24.2 Å². The van der Waals surface area contributed by atoms with Crippen molar-refractivity contribution < 1.29 is 17.9 Å². The molecular formula is C16H18ClN3O4S. The molecule has 0 atom stereocenters. The van der Waals surface area contributed by atoms with Crippen LogP contribution in [0, 0.1) is 0 Å². The fourth-order valence-electron chi connectivity index (χ4n) is 2.10. The number of aromatic nitrogens is 1. The van der Waals surface area contributed by atoms with Gasteiger partial charge in [-0.15, -0.1) is 0 Å². The van der Waals surface area contributed by atoms with Crippen LogP contribution in [-0.4, -0.2) is 39.2 Å². The Balaban J connectivity index is 2.13. The maximum atomic E-state index is 12.2. The zero-order valence-corrected chi connectivity index (χ0v) is 15.3. The third kappa shape index (κ3) is 5.33. The molecule has 0 aliphatic rings. The summed E-state index contributed by atoms with van der Waals surface area (Å²) in [6, 6.07) is 8.04. The Morgan fingerprint density at radius 1 is 1.28 bits per heavy atom. The number of carbonyl (C=O) groups is 1. The quantitative estimate of drug-likeness (QED) is 0.787. The first-order chi connectivity index (χ1) is 11.8. The van der Waals surface area contributed by atoms with Gasteiger partial charge in [-0.05, 0) is 35.9 Å². The predicted octanol–water partition coefficient (Wildman–Crippen LogP) is 1.83. The van der Waals surface area contributed by atoms with Gasteiger partial charge in [0.25, 0.3) is 0 Å². The van der Waals surface area contributed by atoms with Crippen LogP contribution in [0.1, 0.15) is 5.56 Å². The monoisotopic (exact) mass is 383 g/mol. The van der Waals surface area contributed by atoms with Crippen LogP contribution in [0.5, 0.6) is 5.75 Å². The van der Waals surface area contributed by atoms with Crippen LogP contribution < -0.4 is 14.4 Å². The molecule has 1 aromatic heterocycles. The third-order valence-corrected chi connectivity index (χ3v) is 4.79. The highest BCUT2D eigenvalue weighted by Gasteiger charge is 2.21. The van der Waals surface area contributed by atoms with E-state index in [1.165, 1.54) is 19.2 Å². The van der Waals surface area contributed by atoms with E-state index in [2.05, 4.69) is 10.3 Å². The van der Waals surface area contributed by atoms with Crippen LogP contribution in [0.2, 0.25) is 5.02 Å². The van der Waals surface area contributed by atoms with Crippen LogP contribution in [0.25, 0.3) is 0 Å². The van der Waals surface area contributed by atoms with Gasteiger partial charge in [-0.3, -0.25) is 14.1 Å². The highest BCUT2D eigenvalue weighted by Crippen LogP contribution is 2.30. The molecule has 2 aromatic rings. The second kappa shape index (κ2) is 8.17. The highest BCUT2D eigenvalue weighted by atomic mass is 35.5. The molecule has 134 valence electrons. The Kier molecular flexibility index (Phi) is 6.22. The predicted molar refractivity (Wildman–Crippen MR) is 96.3 cm³/mol. The van der Waals surface area contributed by atoms with Crippen molar-refractivity contribution in [2.24, 2.45) is 0 Å². The number of benzene rings is 1. The molecular weight excluding hydrogens is 366 g/mol. The van der Waals surface area contributed by atoms with Gasteiger partial charge in [0, 0.05) is 18.9 Å². The number of methoxy groups -OCH3 is 1. The molecule has 7 nitrogen and oxygen atoms in total. The molecule has 1 aromatic carbocycles. The molecule has 0 aliphatic carbocycles. The third-order valence-electron chi connectivity index (χ3n) is 3.35. The Labute approximate surface area is 151 Å². The molecule has 0 saturated heterocycles. The van der Waals surface area contributed by atoms with Gasteiger partial charge < -0.3 is 10.1 Å². The summed E-state index contributed by atoms with van der Waals surface area (Å²) in [5.41, 5.74) is 1.15. The fraction of sp³-hybridized carbons (Fsp3) is 0.250. The van der Waals surface area contributed by atoms with Crippen LogP contribution in [0.15, 0.2) is 42.7 Å². The average Bonchev–Trinajstić information content (AvgIpc) is 2.57. The SMILES string of the molecule is COc1ccc(N(CC(=O)NCc2ccncc2)S(C)(=O)=O)cc1Cl. The van der Waals surface area contributed by atoms with Gasteiger partial charge in [0.15, 0.2) is 0 Å². The standard InChI is InChI=1S/C16H18ClN3O4S/c1-24-15-4-3-13(9-14(15)17)20(25(2,22)23)11-16(21)19-10-12-5-7-18-8-6-12/h3-9H,10-11H2,1-2H3,(H,19,21). The highest BCUT2D eigenvalue weighted by molar-refractivity contribution is 7.92. The van der Waals surface area contributed by atoms with Crippen molar-refractivity contribution in [3.63, 3.8) is 0 Å². The minimum absolute atomic E-state index is 0.255. The zero-order chi connectivity index (χ0) is 18.4. The smallest absolute Gasteiger partial charge is 0.241 e. The van der Waals surface area contributed by atoms with Gasteiger partial charge in [-0.2, -0.15) is 0 Å². The lowest BCUT2D eigenvalue weighted by molar-refractivity contribution is -0.119. The van der Waals surface area contributed by atoms with Crippen molar-refractivity contribution in [1.82, 2.24) is 10.3 Å². The van der Waals surface area contributed by atoms with Crippen molar-refractivity contribution in [3.8, 4) is 5.75 Å². The first-order valence-corrected chi connectivity index (χ1v) is 9.50. The number of amides is 1. The van der Waals surface area contributed by atoms with Crippen molar-refractivity contribution >= 4 is 33.2 Å². The van der Waals surface area contributed by atoms with Gasteiger partial charge in [-0.1, -0.05) is 11.6 Å². The molecule has 1 heterocycles. The normalized spacial score (nSPS) is 11.0. The number of rotatable bonds is 7.